The molecule has 26 heavy (non-hydrogen) atoms. The lowest BCUT2D eigenvalue weighted by atomic mass is 10.0. The number of nitrogens with one attached hydrogen (secondary N) is 1. The summed E-state index contributed by atoms with van der Waals surface area (Å²) in [6.45, 7) is 3.62. The summed E-state index contributed by atoms with van der Waals surface area (Å²) in [6.07, 6.45) is 0. The van der Waals surface area contributed by atoms with Crippen LogP contribution in [0.1, 0.15) is 15.9 Å². The highest BCUT2D eigenvalue weighted by atomic mass is 79.9. The fraction of sp³-hybridized carbons (Fsp3) is 0. The first-order chi connectivity index (χ1) is 12.4. The molecule has 0 aliphatic carbocycles. The summed E-state index contributed by atoms with van der Waals surface area (Å²) in [5, 5.41) is 16.2. The molecule has 0 bridgehead atoms. The van der Waals surface area contributed by atoms with Crippen molar-refractivity contribution in [2.45, 2.75) is 0 Å². The maximum Gasteiger partial charge on any atom is 0.256 e. The van der Waals surface area contributed by atoms with Crippen LogP contribution in [0.15, 0.2) is 58.9 Å². The molecular weight excluding hydrogens is 457 g/mol. The summed E-state index contributed by atoms with van der Waals surface area (Å²) in [6, 6.07) is 12.1. The molecule has 1 amide bonds. The molecule has 7 heteroatoms. The Balaban J connectivity index is 1.98. The van der Waals surface area contributed by atoms with Gasteiger partial charge in [0.25, 0.3) is 5.91 Å². The molecule has 0 aliphatic heterocycles. The van der Waals surface area contributed by atoms with Crippen molar-refractivity contribution in [2.75, 3.05) is 5.32 Å². The van der Waals surface area contributed by atoms with Crippen molar-refractivity contribution in [3.05, 3.63) is 80.1 Å². The maximum atomic E-state index is 12.5. The van der Waals surface area contributed by atoms with Gasteiger partial charge in [-0.25, -0.2) is 0 Å². The second kappa shape index (κ2) is 7.84. The molecule has 0 spiro atoms. The molecule has 0 radical (unpaired) electrons. The van der Waals surface area contributed by atoms with Gasteiger partial charge >= 0.3 is 0 Å². The maximum absolute atomic E-state index is 12.5. The van der Waals surface area contributed by atoms with Gasteiger partial charge in [-0.3, -0.25) is 4.79 Å². The van der Waals surface area contributed by atoms with Gasteiger partial charge in [-0.05, 0) is 36.4 Å². The minimum absolute atomic E-state index is 0.154. The normalized spacial score (nSPS) is 10.6. The van der Waals surface area contributed by atoms with Crippen LogP contribution in [-0.2, 0) is 0 Å². The van der Waals surface area contributed by atoms with Gasteiger partial charge in [0.05, 0.1) is 5.56 Å². The van der Waals surface area contributed by atoms with Crippen molar-refractivity contribution in [3.63, 3.8) is 0 Å². The van der Waals surface area contributed by atoms with Crippen LogP contribution in [0.4, 0.5) is 5.00 Å². The predicted molar refractivity (Wildman–Crippen MR) is 114 cm³/mol. The molecule has 0 saturated carbocycles. The highest BCUT2D eigenvalue weighted by Crippen LogP contribution is 2.42. The van der Waals surface area contributed by atoms with E-state index in [2.05, 4.69) is 27.8 Å². The molecule has 1 heterocycles. The molecule has 1 aromatic heterocycles. The third-order valence-corrected chi connectivity index (χ3v) is 5.61. The fourth-order valence-electron chi connectivity index (χ4n) is 2.42. The molecule has 3 rings (SSSR count). The van der Waals surface area contributed by atoms with E-state index in [-0.39, 0.29) is 11.7 Å². The van der Waals surface area contributed by atoms with Crippen molar-refractivity contribution < 1.29 is 9.90 Å². The molecule has 3 nitrogen and oxygen atoms in total. The standard InChI is InChI=1S/C19H12BrCl2NO2S/c1-10(24)17-15(14-7-6-13(21)8-16(14)22)9-26-19(17)23-18(25)11-2-4-12(20)5-3-11/h2-9,24H,1H2,(H,23,25). The number of anilines is 1. The number of thiophene rings is 1. The Bertz CT molecular complexity index is 999. The van der Waals surface area contributed by atoms with E-state index in [9.17, 15) is 9.90 Å². The number of rotatable bonds is 4. The SMILES string of the molecule is C=C(O)c1c(-c2ccc(Cl)cc2Cl)csc1NC(=O)c1ccc(Br)cc1. The van der Waals surface area contributed by atoms with Crippen molar-refractivity contribution in [2.24, 2.45) is 0 Å². The fourth-order valence-corrected chi connectivity index (χ4v) is 4.17. The second-order valence-corrected chi connectivity index (χ2v) is 8.02. The third kappa shape index (κ3) is 3.96. The molecule has 2 aromatic carbocycles. The van der Waals surface area contributed by atoms with E-state index >= 15 is 0 Å². The Hall–Kier alpha value is -1.79. The summed E-state index contributed by atoms with van der Waals surface area (Å²) in [5.74, 6) is -0.436. The minimum Gasteiger partial charge on any atom is -0.508 e. The summed E-state index contributed by atoms with van der Waals surface area (Å²) >= 11 is 16.9. The third-order valence-electron chi connectivity index (χ3n) is 3.63. The van der Waals surface area contributed by atoms with Gasteiger partial charge in [0.2, 0.25) is 0 Å². The lowest BCUT2D eigenvalue weighted by Gasteiger charge is -2.09. The van der Waals surface area contributed by atoms with Crippen molar-refractivity contribution in [3.8, 4) is 11.1 Å². The lowest BCUT2D eigenvalue weighted by molar-refractivity contribution is 0.102. The van der Waals surface area contributed by atoms with E-state index in [1.165, 1.54) is 11.3 Å². The van der Waals surface area contributed by atoms with Crippen molar-refractivity contribution >= 4 is 67.1 Å². The molecule has 0 saturated heterocycles. The van der Waals surface area contributed by atoms with Crippen LogP contribution in [0.25, 0.3) is 16.9 Å². The first-order valence-electron chi connectivity index (χ1n) is 7.39. The second-order valence-electron chi connectivity index (χ2n) is 5.39. The number of carbonyl (C=O) groups excluding carboxylic acids is 1. The summed E-state index contributed by atoms with van der Waals surface area (Å²) in [5.41, 5.74) is 2.31. The first-order valence-corrected chi connectivity index (χ1v) is 9.81. The van der Waals surface area contributed by atoms with E-state index in [4.69, 9.17) is 23.2 Å². The average Bonchev–Trinajstić information content (AvgIpc) is 2.99. The quantitative estimate of drug-likeness (QED) is 0.395. The van der Waals surface area contributed by atoms with Gasteiger partial charge in [-0.1, -0.05) is 51.8 Å². The molecule has 0 unspecified atom stereocenters. The Kier molecular flexibility index (Phi) is 5.73. The number of hydrogen-bond acceptors (Lipinski definition) is 3. The Morgan fingerprint density at radius 1 is 1.12 bits per heavy atom. The van der Waals surface area contributed by atoms with Crippen molar-refractivity contribution in [1.82, 2.24) is 0 Å². The Morgan fingerprint density at radius 2 is 1.81 bits per heavy atom. The number of carbonyl (C=O) groups is 1. The number of aliphatic hydroxyl groups is 1. The van der Waals surface area contributed by atoms with Gasteiger partial charge < -0.3 is 10.4 Å². The van der Waals surface area contributed by atoms with Crippen LogP contribution in [0.3, 0.4) is 0 Å². The van der Waals surface area contributed by atoms with E-state index in [1.807, 2.05) is 5.38 Å². The Morgan fingerprint density at radius 3 is 2.42 bits per heavy atom. The zero-order valence-corrected chi connectivity index (χ0v) is 17.1. The van der Waals surface area contributed by atoms with E-state index in [1.54, 1.807) is 42.5 Å². The lowest BCUT2D eigenvalue weighted by Crippen LogP contribution is -2.11. The zero-order valence-electron chi connectivity index (χ0n) is 13.2. The first kappa shape index (κ1) is 19.0. The molecule has 0 aliphatic rings. The molecule has 2 N–H and O–H groups in total. The van der Waals surface area contributed by atoms with E-state index < -0.39 is 0 Å². The number of benzene rings is 2. The van der Waals surface area contributed by atoms with Gasteiger partial charge in [0, 0.05) is 36.6 Å². The number of halogens is 3. The monoisotopic (exact) mass is 467 g/mol. The highest BCUT2D eigenvalue weighted by molar-refractivity contribution is 9.10. The van der Waals surface area contributed by atoms with Crippen LogP contribution in [0, 0.1) is 0 Å². The smallest absolute Gasteiger partial charge is 0.256 e. The number of amides is 1. The molecule has 0 fully saturated rings. The summed E-state index contributed by atoms with van der Waals surface area (Å²) in [4.78, 5) is 12.5. The predicted octanol–water partition coefficient (Wildman–Crippen LogP) is 7.27. The van der Waals surface area contributed by atoms with Gasteiger partial charge in [0.15, 0.2) is 0 Å². The zero-order chi connectivity index (χ0) is 18.8. The summed E-state index contributed by atoms with van der Waals surface area (Å²) < 4.78 is 0.884. The van der Waals surface area contributed by atoms with Crippen LogP contribution < -0.4 is 5.32 Å². The summed E-state index contributed by atoms with van der Waals surface area (Å²) in [7, 11) is 0. The van der Waals surface area contributed by atoms with E-state index in [0.29, 0.717) is 37.3 Å². The minimum atomic E-state index is -0.282. The molecule has 3 aromatic rings. The topological polar surface area (TPSA) is 49.3 Å². The van der Waals surface area contributed by atoms with Gasteiger partial charge in [0.1, 0.15) is 10.8 Å². The number of hydrogen-bond donors (Lipinski definition) is 2. The van der Waals surface area contributed by atoms with Crippen LogP contribution in [-0.4, -0.2) is 11.0 Å². The number of aliphatic hydroxyl groups excluding tert-OH is 1. The molecule has 132 valence electrons. The average molecular weight is 469 g/mol. The van der Waals surface area contributed by atoms with Gasteiger partial charge in [-0.15, -0.1) is 11.3 Å². The highest BCUT2D eigenvalue weighted by Gasteiger charge is 2.20. The molecular formula is C19H12BrCl2NO2S. The van der Waals surface area contributed by atoms with Crippen LogP contribution in [0.2, 0.25) is 10.0 Å². The van der Waals surface area contributed by atoms with Crippen LogP contribution in [0.5, 0.6) is 0 Å². The van der Waals surface area contributed by atoms with Crippen molar-refractivity contribution in [1.29, 1.82) is 0 Å². The van der Waals surface area contributed by atoms with Crippen LogP contribution >= 0.6 is 50.5 Å². The van der Waals surface area contributed by atoms with Gasteiger partial charge in [-0.2, -0.15) is 0 Å². The largest absolute Gasteiger partial charge is 0.508 e. The Labute approximate surface area is 173 Å². The molecule has 0 atom stereocenters. The van der Waals surface area contributed by atoms with E-state index in [0.717, 1.165) is 4.47 Å².